The zero-order valence-electron chi connectivity index (χ0n) is 15.2. The Hall–Kier alpha value is -1.47. The Morgan fingerprint density at radius 1 is 1.19 bits per heavy atom. The van der Waals surface area contributed by atoms with Crippen molar-refractivity contribution < 1.29 is 13.2 Å². The maximum Gasteiger partial charge on any atom is 0.182 e. The van der Waals surface area contributed by atoms with Crippen LogP contribution >= 0.6 is 23.8 Å². The van der Waals surface area contributed by atoms with E-state index in [9.17, 15) is 8.42 Å². The molecule has 0 aliphatic heterocycles. The molecule has 2 N–H and O–H groups in total. The molecule has 0 heterocycles. The lowest BCUT2D eigenvalue weighted by molar-refractivity contribution is 0.121. The second-order valence-corrected chi connectivity index (χ2v) is 9.80. The van der Waals surface area contributed by atoms with E-state index in [-0.39, 0.29) is 22.4 Å². The van der Waals surface area contributed by atoms with E-state index in [1.165, 1.54) is 12.1 Å². The van der Waals surface area contributed by atoms with E-state index in [1.807, 2.05) is 38.1 Å². The van der Waals surface area contributed by atoms with Crippen LogP contribution in [-0.2, 0) is 14.6 Å². The quantitative estimate of drug-likeness (QED) is 0.684. The van der Waals surface area contributed by atoms with Crippen molar-refractivity contribution in [1.29, 1.82) is 0 Å². The summed E-state index contributed by atoms with van der Waals surface area (Å²) in [5.74, 6) is -0.345. The third kappa shape index (κ3) is 3.51. The van der Waals surface area contributed by atoms with Gasteiger partial charge in [-0.25, -0.2) is 8.42 Å². The van der Waals surface area contributed by atoms with E-state index in [1.54, 1.807) is 12.1 Å². The van der Waals surface area contributed by atoms with Gasteiger partial charge in [-0.3, -0.25) is 0 Å². The second kappa shape index (κ2) is 7.51. The van der Waals surface area contributed by atoms with Crippen molar-refractivity contribution in [3.8, 4) is 0 Å². The van der Waals surface area contributed by atoms with Gasteiger partial charge in [0.05, 0.1) is 27.2 Å². The maximum atomic E-state index is 13.4. The van der Waals surface area contributed by atoms with Crippen LogP contribution in [0.15, 0.2) is 53.4 Å². The molecule has 0 spiro atoms. The van der Waals surface area contributed by atoms with Gasteiger partial charge in [-0.05, 0) is 43.7 Å². The zero-order chi connectivity index (χ0) is 19.8. The number of halogens is 1. The second-order valence-electron chi connectivity index (χ2n) is 6.85. The van der Waals surface area contributed by atoms with Gasteiger partial charge in [0.25, 0.3) is 0 Å². The number of hydrogen-bond donors (Lipinski definition) is 1. The molecule has 1 saturated carbocycles. The lowest BCUT2D eigenvalue weighted by atomic mass is 9.99. The molecular weight excluding hydrogens is 402 g/mol. The highest BCUT2D eigenvalue weighted by atomic mass is 35.5. The Kier molecular flexibility index (Phi) is 5.64. The number of aryl methyl sites for hydroxylation is 1. The van der Waals surface area contributed by atoms with Gasteiger partial charge in [0.2, 0.25) is 0 Å². The van der Waals surface area contributed by atoms with Crippen molar-refractivity contribution in [3.05, 3.63) is 64.7 Å². The van der Waals surface area contributed by atoms with Crippen molar-refractivity contribution in [3.63, 3.8) is 0 Å². The van der Waals surface area contributed by atoms with Crippen LogP contribution in [0, 0.1) is 12.3 Å². The number of nitrogens with two attached hydrogens (primary N) is 1. The molecule has 0 unspecified atom stereocenters. The fourth-order valence-corrected chi connectivity index (χ4v) is 6.58. The highest BCUT2D eigenvalue weighted by Crippen LogP contribution is 2.64. The van der Waals surface area contributed by atoms with Gasteiger partial charge < -0.3 is 10.5 Å². The first-order valence-corrected chi connectivity index (χ1v) is 11.0. The van der Waals surface area contributed by atoms with E-state index in [0.717, 1.165) is 11.1 Å². The van der Waals surface area contributed by atoms with Crippen LogP contribution in [0.5, 0.6) is 0 Å². The molecular formula is C20H22ClNO3S2. The first kappa shape index (κ1) is 20.3. The average molecular weight is 424 g/mol. The summed E-state index contributed by atoms with van der Waals surface area (Å²) in [4.78, 5) is 0.382. The first-order valence-electron chi connectivity index (χ1n) is 8.69. The molecule has 2 aromatic carbocycles. The van der Waals surface area contributed by atoms with Gasteiger partial charge in [0.15, 0.2) is 9.84 Å². The standard InChI is InChI=1S/C20H22ClNO3S2/c1-3-25-12-20(19(22)26)17(14-6-4-13(2)5-7-14)18(20)27(23,24)16-10-8-15(21)9-11-16/h4-11,17-18H,3,12H2,1-2H3,(H2,22,26)/t17-,18+,20+/m1/s1. The van der Waals surface area contributed by atoms with Gasteiger partial charge in [-0.15, -0.1) is 0 Å². The number of ether oxygens (including phenoxy) is 1. The van der Waals surface area contributed by atoms with Crippen molar-refractivity contribution in [2.24, 2.45) is 11.1 Å². The van der Waals surface area contributed by atoms with Crippen molar-refractivity contribution in [2.75, 3.05) is 13.2 Å². The van der Waals surface area contributed by atoms with Crippen molar-refractivity contribution in [1.82, 2.24) is 0 Å². The number of thiocarbonyl (C=S) groups is 1. The molecule has 1 aliphatic rings. The molecule has 3 rings (SSSR count). The predicted octanol–water partition coefficient (Wildman–Crippen LogP) is 3.90. The van der Waals surface area contributed by atoms with Crippen LogP contribution in [0.4, 0.5) is 0 Å². The van der Waals surface area contributed by atoms with E-state index < -0.39 is 20.5 Å². The summed E-state index contributed by atoms with van der Waals surface area (Å²) in [5, 5.41) is -0.285. The summed E-state index contributed by atoms with van der Waals surface area (Å²) in [6, 6.07) is 14.0. The molecule has 0 amide bonds. The van der Waals surface area contributed by atoms with Crippen LogP contribution in [0.1, 0.15) is 24.0 Å². The molecule has 1 aliphatic carbocycles. The minimum Gasteiger partial charge on any atom is -0.393 e. The Morgan fingerprint density at radius 2 is 1.78 bits per heavy atom. The predicted molar refractivity (Wildman–Crippen MR) is 112 cm³/mol. The van der Waals surface area contributed by atoms with E-state index in [2.05, 4.69) is 0 Å². The van der Waals surface area contributed by atoms with Crippen LogP contribution in [0.2, 0.25) is 5.02 Å². The van der Waals surface area contributed by atoms with Crippen LogP contribution in [0.3, 0.4) is 0 Å². The zero-order valence-corrected chi connectivity index (χ0v) is 17.6. The van der Waals surface area contributed by atoms with Gasteiger partial charge in [-0.2, -0.15) is 0 Å². The summed E-state index contributed by atoms with van der Waals surface area (Å²) in [5.41, 5.74) is 7.17. The molecule has 0 saturated heterocycles. The van der Waals surface area contributed by atoms with E-state index in [0.29, 0.717) is 11.6 Å². The Balaban J connectivity index is 2.10. The Bertz CT molecular complexity index is 942. The molecule has 27 heavy (non-hydrogen) atoms. The van der Waals surface area contributed by atoms with Gasteiger partial charge in [0.1, 0.15) is 0 Å². The normalized spacial score (nSPS) is 24.6. The summed E-state index contributed by atoms with van der Waals surface area (Å²) in [7, 11) is -3.68. The molecule has 1 fully saturated rings. The minimum absolute atomic E-state index is 0.170. The fourth-order valence-electron chi connectivity index (χ4n) is 3.69. The summed E-state index contributed by atoms with van der Waals surface area (Å²) < 4.78 is 32.5. The third-order valence-electron chi connectivity index (χ3n) is 5.17. The molecule has 0 radical (unpaired) electrons. The topological polar surface area (TPSA) is 69.4 Å². The average Bonchev–Trinajstić information content (AvgIpc) is 3.32. The van der Waals surface area contributed by atoms with Gasteiger partial charge in [0, 0.05) is 17.5 Å². The molecule has 0 bridgehead atoms. The summed E-state index contributed by atoms with van der Waals surface area (Å²) >= 11 is 11.3. The highest BCUT2D eigenvalue weighted by molar-refractivity contribution is 7.92. The number of rotatable bonds is 7. The minimum atomic E-state index is -3.68. The highest BCUT2D eigenvalue weighted by Gasteiger charge is 2.73. The Morgan fingerprint density at radius 3 is 2.30 bits per heavy atom. The first-order chi connectivity index (χ1) is 12.7. The van der Waals surface area contributed by atoms with E-state index >= 15 is 0 Å². The molecule has 7 heteroatoms. The lowest BCUT2D eigenvalue weighted by Gasteiger charge is -2.17. The van der Waals surface area contributed by atoms with E-state index in [4.69, 9.17) is 34.3 Å². The third-order valence-corrected chi connectivity index (χ3v) is 8.10. The fraction of sp³-hybridized carbons (Fsp3) is 0.350. The number of benzene rings is 2. The number of sulfone groups is 1. The summed E-state index contributed by atoms with van der Waals surface area (Å²) in [6.07, 6.45) is 0. The Labute approximate surface area is 170 Å². The van der Waals surface area contributed by atoms with Crippen molar-refractivity contribution >= 4 is 38.6 Å². The van der Waals surface area contributed by atoms with Gasteiger partial charge in [-0.1, -0.05) is 53.6 Å². The van der Waals surface area contributed by atoms with Gasteiger partial charge >= 0.3 is 0 Å². The van der Waals surface area contributed by atoms with Crippen molar-refractivity contribution in [2.45, 2.75) is 29.9 Å². The summed E-state index contributed by atoms with van der Waals surface area (Å²) in [6.45, 7) is 4.48. The molecule has 3 atom stereocenters. The van der Waals surface area contributed by atoms with Crippen LogP contribution in [0.25, 0.3) is 0 Å². The maximum absolute atomic E-state index is 13.4. The number of hydrogen-bond acceptors (Lipinski definition) is 4. The molecule has 0 aromatic heterocycles. The monoisotopic (exact) mass is 423 g/mol. The van der Waals surface area contributed by atoms with Crippen LogP contribution in [-0.4, -0.2) is 31.9 Å². The van der Waals surface area contributed by atoms with Crippen LogP contribution < -0.4 is 5.73 Å². The largest absolute Gasteiger partial charge is 0.393 e. The smallest absolute Gasteiger partial charge is 0.182 e. The molecule has 4 nitrogen and oxygen atoms in total. The molecule has 144 valence electrons. The molecule has 2 aromatic rings. The SMILES string of the molecule is CCOC[C@]1(C(N)=S)[C@H](c2ccc(C)cc2)[C@@H]1S(=O)(=O)c1ccc(Cl)cc1. The lowest BCUT2D eigenvalue weighted by Crippen LogP contribution is -2.33.